The molecule has 0 aliphatic carbocycles. The Hall–Kier alpha value is -4.26. The highest BCUT2D eigenvalue weighted by atomic mass is 16.2. The molecule has 4 aromatic rings. The quantitative estimate of drug-likeness (QED) is 0.509. The van der Waals surface area contributed by atoms with Crippen molar-refractivity contribution in [2.45, 2.75) is 26.8 Å². The molecular formula is C27H24N4O3. The number of nitrogens with one attached hydrogen (secondary N) is 1. The van der Waals surface area contributed by atoms with Gasteiger partial charge < -0.3 is 10.2 Å². The Kier molecular flexibility index (Phi) is 5.45. The van der Waals surface area contributed by atoms with Crippen molar-refractivity contribution in [1.82, 2.24) is 9.55 Å². The molecule has 0 fully saturated rings. The minimum absolute atomic E-state index is 0.107. The second kappa shape index (κ2) is 8.59. The number of aromatic nitrogens is 2. The summed E-state index contributed by atoms with van der Waals surface area (Å²) in [7, 11) is 0. The smallest absolute Gasteiger partial charge is 0.278 e. The molecule has 0 unspecified atom stereocenters. The number of carbonyl (C=O) groups is 2. The van der Waals surface area contributed by atoms with Crippen LogP contribution in [0.25, 0.3) is 22.3 Å². The molecule has 1 aromatic heterocycles. The lowest BCUT2D eigenvalue weighted by molar-refractivity contribution is -0.119. The van der Waals surface area contributed by atoms with E-state index in [1.54, 1.807) is 17.0 Å². The number of benzene rings is 3. The molecule has 1 aliphatic rings. The van der Waals surface area contributed by atoms with E-state index in [0.29, 0.717) is 28.8 Å². The fourth-order valence-electron chi connectivity index (χ4n) is 4.50. The predicted molar refractivity (Wildman–Crippen MR) is 133 cm³/mol. The van der Waals surface area contributed by atoms with Gasteiger partial charge in [0.2, 0.25) is 11.8 Å². The summed E-state index contributed by atoms with van der Waals surface area (Å²) >= 11 is 0. The number of amides is 2. The summed E-state index contributed by atoms with van der Waals surface area (Å²) in [4.78, 5) is 45.3. The van der Waals surface area contributed by atoms with E-state index in [0.717, 1.165) is 23.2 Å². The highest BCUT2D eigenvalue weighted by Gasteiger charge is 2.26. The van der Waals surface area contributed by atoms with Gasteiger partial charge in [-0.2, -0.15) is 0 Å². The SMILES string of the molecule is CC(=O)Nc1ccc(C)cc1-c1nc2ccccc2n(CC(=O)N2CCc3ccccc32)c1=O. The first kappa shape index (κ1) is 21.6. The molecule has 0 atom stereocenters. The molecule has 34 heavy (non-hydrogen) atoms. The van der Waals surface area contributed by atoms with Crippen molar-refractivity contribution in [3.63, 3.8) is 0 Å². The van der Waals surface area contributed by atoms with E-state index in [2.05, 4.69) is 10.3 Å². The number of fused-ring (bicyclic) bond motifs is 2. The number of hydrogen-bond acceptors (Lipinski definition) is 4. The second-order valence-electron chi connectivity index (χ2n) is 8.49. The zero-order valence-corrected chi connectivity index (χ0v) is 19.0. The zero-order valence-electron chi connectivity index (χ0n) is 19.0. The van der Waals surface area contributed by atoms with Gasteiger partial charge in [-0.05, 0) is 49.2 Å². The third-order valence-electron chi connectivity index (χ3n) is 6.07. The number of nitrogens with zero attached hydrogens (tertiary/aromatic N) is 3. The Labute approximate surface area is 196 Å². The minimum Gasteiger partial charge on any atom is -0.326 e. The van der Waals surface area contributed by atoms with Gasteiger partial charge in [-0.1, -0.05) is 42.0 Å². The summed E-state index contributed by atoms with van der Waals surface area (Å²) in [5.41, 5.74) is 4.98. The summed E-state index contributed by atoms with van der Waals surface area (Å²) < 4.78 is 1.49. The van der Waals surface area contributed by atoms with E-state index in [-0.39, 0.29) is 29.6 Å². The van der Waals surface area contributed by atoms with E-state index in [1.807, 2.05) is 61.5 Å². The van der Waals surface area contributed by atoms with Gasteiger partial charge in [0.15, 0.2) is 0 Å². The number of para-hydroxylation sites is 3. The number of anilines is 2. The fourth-order valence-corrected chi connectivity index (χ4v) is 4.50. The van der Waals surface area contributed by atoms with Crippen molar-refractivity contribution in [3.05, 3.63) is 88.2 Å². The topological polar surface area (TPSA) is 84.3 Å². The Morgan fingerprint density at radius 3 is 2.62 bits per heavy atom. The van der Waals surface area contributed by atoms with Gasteiger partial charge in [-0.15, -0.1) is 0 Å². The van der Waals surface area contributed by atoms with Crippen molar-refractivity contribution in [1.29, 1.82) is 0 Å². The van der Waals surface area contributed by atoms with E-state index in [4.69, 9.17) is 0 Å². The van der Waals surface area contributed by atoms with Gasteiger partial charge in [0.25, 0.3) is 5.56 Å². The molecule has 2 heterocycles. The standard InChI is InChI=1S/C27H24N4O3/c1-17-11-12-21(28-18(2)32)20(15-17)26-27(34)31(24-10-6-4-8-22(24)29-26)16-25(33)30-14-13-19-7-3-5-9-23(19)30/h3-12,15H,13-14,16H2,1-2H3,(H,28,32). The van der Waals surface area contributed by atoms with E-state index in [1.165, 1.54) is 11.5 Å². The van der Waals surface area contributed by atoms with Gasteiger partial charge >= 0.3 is 0 Å². The summed E-state index contributed by atoms with van der Waals surface area (Å²) in [5.74, 6) is -0.394. The summed E-state index contributed by atoms with van der Waals surface area (Å²) in [5, 5.41) is 2.79. The lowest BCUT2D eigenvalue weighted by atomic mass is 10.1. The Morgan fingerprint density at radius 2 is 1.79 bits per heavy atom. The van der Waals surface area contributed by atoms with Crippen LogP contribution in [0, 0.1) is 6.92 Å². The maximum absolute atomic E-state index is 13.7. The molecule has 3 aromatic carbocycles. The third kappa shape index (κ3) is 3.85. The number of carbonyl (C=O) groups excluding carboxylic acids is 2. The van der Waals surface area contributed by atoms with Gasteiger partial charge in [0.05, 0.1) is 16.7 Å². The van der Waals surface area contributed by atoms with Crippen molar-refractivity contribution in [2.24, 2.45) is 0 Å². The average molecular weight is 453 g/mol. The van der Waals surface area contributed by atoms with Crippen LogP contribution in [0.1, 0.15) is 18.1 Å². The van der Waals surface area contributed by atoms with Crippen LogP contribution in [-0.4, -0.2) is 27.9 Å². The lowest BCUT2D eigenvalue weighted by Crippen LogP contribution is -2.36. The Morgan fingerprint density at radius 1 is 1.03 bits per heavy atom. The largest absolute Gasteiger partial charge is 0.326 e. The van der Waals surface area contributed by atoms with Crippen LogP contribution >= 0.6 is 0 Å². The molecule has 0 radical (unpaired) electrons. The molecule has 170 valence electrons. The highest BCUT2D eigenvalue weighted by molar-refractivity contribution is 5.97. The van der Waals surface area contributed by atoms with Crippen molar-refractivity contribution >= 4 is 34.2 Å². The Bertz CT molecular complexity index is 1510. The normalized spacial score (nSPS) is 12.6. The molecule has 0 saturated heterocycles. The molecule has 0 spiro atoms. The lowest BCUT2D eigenvalue weighted by Gasteiger charge is -2.19. The van der Waals surface area contributed by atoms with Crippen molar-refractivity contribution in [2.75, 3.05) is 16.8 Å². The molecule has 1 aliphatic heterocycles. The van der Waals surface area contributed by atoms with Gasteiger partial charge in [-0.25, -0.2) is 4.98 Å². The number of aryl methyl sites for hydroxylation is 1. The average Bonchev–Trinajstić information content (AvgIpc) is 3.26. The minimum atomic E-state index is -0.378. The molecular weight excluding hydrogens is 428 g/mol. The second-order valence-corrected chi connectivity index (χ2v) is 8.49. The maximum Gasteiger partial charge on any atom is 0.278 e. The van der Waals surface area contributed by atoms with E-state index in [9.17, 15) is 14.4 Å². The van der Waals surface area contributed by atoms with Crippen LogP contribution in [-0.2, 0) is 22.6 Å². The summed E-state index contributed by atoms with van der Waals surface area (Å²) in [6, 6.07) is 20.6. The number of hydrogen-bond donors (Lipinski definition) is 1. The molecule has 7 nitrogen and oxygen atoms in total. The molecule has 1 N–H and O–H groups in total. The van der Waals surface area contributed by atoms with Crippen molar-refractivity contribution in [3.8, 4) is 11.3 Å². The van der Waals surface area contributed by atoms with Crippen LogP contribution < -0.4 is 15.8 Å². The van der Waals surface area contributed by atoms with Crippen LogP contribution in [0.15, 0.2) is 71.5 Å². The molecule has 7 heteroatoms. The fraction of sp³-hybridized carbons (Fsp3) is 0.185. The summed E-state index contributed by atoms with van der Waals surface area (Å²) in [6.45, 7) is 3.81. The first-order chi connectivity index (χ1) is 16.4. The number of rotatable bonds is 4. The van der Waals surface area contributed by atoms with Crippen LogP contribution in [0.3, 0.4) is 0 Å². The van der Waals surface area contributed by atoms with Gasteiger partial charge in [-0.3, -0.25) is 19.0 Å². The highest BCUT2D eigenvalue weighted by Crippen LogP contribution is 2.29. The first-order valence-corrected chi connectivity index (χ1v) is 11.2. The van der Waals surface area contributed by atoms with Crippen molar-refractivity contribution < 1.29 is 9.59 Å². The third-order valence-corrected chi connectivity index (χ3v) is 6.07. The Balaban J connectivity index is 1.64. The zero-order chi connectivity index (χ0) is 23.8. The molecule has 5 rings (SSSR count). The first-order valence-electron chi connectivity index (χ1n) is 11.2. The maximum atomic E-state index is 13.7. The molecule has 0 bridgehead atoms. The van der Waals surface area contributed by atoms with Crippen LogP contribution in [0.2, 0.25) is 0 Å². The van der Waals surface area contributed by atoms with Crippen LogP contribution in [0.4, 0.5) is 11.4 Å². The summed E-state index contributed by atoms with van der Waals surface area (Å²) in [6.07, 6.45) is 0.794. The van der Waals surface area contributed by atoms with Crippen LogP contribution in [0.5, 0.6) is 0 Å². The molecule has 0 saturated carbocycles. The van der Waals surface area contributed by atoms with E-state index < -0.39 is 0 Å². The predicted octanol–water partition coefficient (Wildman–Crippen LogP) is 3.92. The van der Waals surface area contributed by atoms with Gasteiger partial charge in [0.1, 0.15) is 12.2 Å². The molecule has 2 amide bonds. The monoisotopic (exact) mass is 452 g/mol. The van der Waals surface area contributed by atoms with Gasteiger partial charge in [0, 0.05) is 24.7 Å². The van der Waals surface area contributed by atoms with E-state index >= 15 is 0 Å².